The summed E-state index contributed by atoms with van der Waals surface area (Å²) in [5.74, 6) is 1.85. The van der Waals surface area contributed by atoms with E-state index in [-0.39, 0.29) is 11.8 Å². The molecule has 3 aromatic rings. The molecule has 0 aliphatic heterocycles. The molecule has 1 N–H and O–H groups in total. The molecule has 0 saturated carbocycles. The highest BCUT2D eigenvalue weighted by atomic mass is 35.5. The molecule has 158 valence electrons. The second-order valence-electron chi connectivity index (χ2n) is 7.52. The average Bonchev–Trinajstić information content (AvgIpc) is 3.20. The fraction of sp³-hybridized carbons (Fsp3) is 0.348. The summed E-state index contributed by atoms with van der Waals surface area (Å²) >= 11 is 6.02. The molecule has 0 atom stereocenters. The number of para-hydroxylation sites is 1. The number of nitrogens with one attached hydrogen (secondary N) is 1. The molecule has 1 amide bonds. The Morgan fingerprint density at radius 2 is 2.00 bits per heavy atom. The summed E-state index contributed by atoms with van der Waals surface area (Å²) in [6.45, 7) is 8.30. The van der Waals surface area contributed by atoms with Crippen LogP contribution in [0.4, 0.5) is 5.69 Å². The van der Waals surface area contributed by atoms with Gasteiger partial charge in [0.05, 0.1) is 17.9 Å². The van der Waals surface area contributed by atoms with Crippen LogP contribution in [0.15, 0.2) is 40.9 Å². The molecule has 0 saturated heterocycles. The van der Waals surface area contributed by atoms with Crippen molar-refractivity contribution in [3.8, 4) is 17.2 Å². The van der Waals surface area contributed by atoms with Crippen LogP contribution in [0.25, 0.3) is 11.5 Å². The number of aryl methyl sites for hydroxylation is 2. The summed E-state index contributed by atoms with van der Waals surface area (Å²) in [6.07, 6.45) is 0.925. The minimum Gasteiger partial charge on any atom is -0.494 e. The molecule has 0 aliphatic rings. The third kappa shape index (κ3) is 5.39. The van der Waals surface area contributed by atoms with E-state index in [1.807, 2.05) is 58.0 Å². The number of amides is 1. The van der Waals surface area contributed by atoms with Gasteiger partial charge in [0.1, 0.15) is 5.75 Å². The monoisotopic (exact) mass is 427 g/mol. The SMILES string of the molecule is Cc1cc(OCCCC(=O)Nc2c(C)cccc2-c2nc(C(C)C)no2)ccc1Cl. The minimum absolute atomic E-state index is 0.0926. The first-order chi connectivity index (χ1) is 14.3. The molecular weight excluding hydrogens is 402 g/mol. The maximum absolute atomic E-state index is 12.5. The maximum atomic E-state index is 12.5. The van der Waals surface area contributed by atoms with Crippen LogP contribution in [0.2, 0.25) is 5.02 Å². The van der Waals surface area contributed by atoms with Gasteiger partial charge in [0.25, 0.3) is 5.89 Å². The molecule has 0 bridgehead atoms. The average molecular weight is 428 g/mol. The lowest BCUT2D eigenvalue weighted by Crippen LogP contribution is -2.14. The van der Waals surface area contributed by atoms with E-state index in [9.17, 15) is 4.79 Å². The first kappa shape index (κ1) is 21.8. The lowest BCUT2D eigenvalue weighted by Gasteiger charge is -2.12. The molecule has 2 aromatic carbocycles. The predicted molar refractivity (Wildman–Crippen MR) is 118 cm³/mol. The van der Waals surface area contributed by atoms with Gasteiger partial charge in [0, 0.05) is 17.4 Å². The van der Waals surface area contributed by atoms with Gasteiger partial charge in [0.2, 0.25) is 5.91 Å². The Hall–Kier alpha value is -2.86. The number of anilines is 1. The quantitative estimate of drug-likeness (QED) is 0.451. The first-order valence-corrected chi connectivity index (χ1v) is 10.4. The highest BCUT2D eigenvalue weighted by Crippen LogP contribution is 2.30. The standard InChI is InChI=1S/C23H26ClN3O3/c1-14(2)22-26-23(30-27-22)18-8-5-7-15(3)21(18)25-20(28)9-6-12-29-17-10-11-19(24)16(4)13-17/h5,7-8,10-11,13-14H,6,9,12H2,1-4H3,(H,25,28). The largest absolute Gasteiger partial charge is 0.494 e. The normalized spacial score (nSPS) is 11.0. The number of rotatable bonds is 8. The number of carbonyl (C=O) groups excluding carboxylic acids is 1. The van der Waals surface area contributed by atoms with E-state index < -0.39 is 0 Å². The number of halogens is 1. The Morgan fingerprint density at radius 1 is 1.20 bits per heavy atom. The molecule has 3 rings (SSSR count). The van der Waals surface area contributed by atoms with Crippen molar-refractivity contribution in [2.75, 3.05) is 11.9 Å². The molecule has 0 unspecified atom stereocenters. The van der Waals surface area contributed by atoms with Crippen molar-refractivity contribution in [1.29, 1.82) is 0 Å². The van der Waals surface area contributed by atoms with Crippen LogP contribution >= 0.6 is 11.6 Å². The Bertz CT molecular complexity index is 1030. The summed E-state index contributed by atoms with van der Waals surface area (Å²) in [4.78, 5) is 17.0. The highest BCUT2D eigenvalue weighted by molar-refractivity contribution is 6.31. The number of benzene rings is 2. The molecule has 0 aliphatic carbocycles. The molecule has 6 nitrogen and oxygen atoms in total. The van der Waals surface area contributed by atoms with Gasteiger partial charge in [-0.2, -0.15) is 4.98 Å². The molecule has 1 aromatic heterocycles. The topological polar surface area (TPSA) is 77.2 Å². The van der Waals surface area contributed by atoms with Crippen molar-refractivity contribution in [1.82, 2.24) is 10.1 Å². The first-order valence-electron chi connectivity index (χ1n) is 9.97. The second-order valence-corrected chi connectivity index (χ2v) is 7.93. The molecule has 7 heteroatoms. The summed E-state index contributed by atoms with van der Waals surface area (Å²) in [5.41, 5.74) is 3.30. The Kier molecular flexibility index (Phi) is 7.11. The van der Waals surface area contributed by atoms with E-state index >= 15 is 0 Å². The van der Waals surface area contributed by atoms with Crippen molar-refractivity contribution in [3.63, 3.8) is 0 Å². The van der Waals surface area contributed by atoms with Crippen LogP contribution in [0.5, 0.6) is 5.75 Å². The fourth-order valence-corrected chi connectivity index (χ4v) is 3.04. The zero-order valence-electron chi connectivity index (χ0n) is 17.7. The van der Waals surface area contributed by atoms with Gasteiger partial charge in [-0.15, -0.1) is 0 Å². The van der Waals surface area contributed by atoms with Crippen LogP contribution < -0.4 is 10.1 Å². The zero-order chi connectivity index (χ0) is 21.7. The molecule has 1 heterocycles. The second kappa shape index (κ2) is 9.76. The van der Waals surface area contributed by atoms with Gasteiger partial charge in [-0.1, -0.05) is 42.7 Å². The number of ether oxygens (including phenoxy) is 1. The Labute approximate surface area is 181 Å². The van der Waals surface area contributed by atoms with E-state index in [1.165, 1.54) is 0 Å². The third-order valence-electron chi connectivity index (χ3n) is 4.67. The van der Waals surface area contributed by atoms with E-state index in [1.54, 1.807) is 6.07 Å². The number of aromatic nitrogens is 2. The molecule has 30 heavy (non-hydrogen) atoms. The van der Waals surface area contributed by atoms with Gasteiger partial charge in [0.15, 0.2) is 5.82 Å². The summed E-state index contributed by atoms with van der Waals surface area (Å²) < 4.78 is 11.1. The third-order valence-corrected chi connectivity index (χ3v) is 5.10. The Balaban J connectivity index is 1.60. The number of hydrogen-bond donors (Lipinski definition) is 1. The van der Waals surface area contributed by atoms with Gasteiger partial charge in [-0.3, -0.25) is 4.79 Å². The molecular formula is C23H26ClN3O3. The number of nitrogens with zero attached hydrogens (tertiary/aromatic N) is 2. The molecule has 0 fully saturated rings. The molecule has 0 spiro atoms. The van der Waals surface area contributed by atoms with Crippen LogP contribution in [-0.2, 0) is 4.79 Å². The van der Waals surface area contributed by atoms with Crippen molar-refractivity contribution >= 4 is 23.2 Å². The van der Waals surface area contributed by atoms with Gasteiger partial charge < -0.3 is 14.6 Å². The number of hydrogen-bond acceptors (Lipinski definition) is 5. The van der Waals surface area contributed by atoms with Crippen molar-refractivity contribution in [2.45, 2.75) is 46.5 Å². The molecule has 0 radical (unpaired) electrons. The zero-order valence-corrected chi connectivity index (χ0v) is 18.4. The smallest absolute Gasteiger partial charge is 0.260 e. The Morgan fingerprint density at radius 3 is 2.70 bits per heavy atom. The fourth-order valence-electron chi connectivity index (χ4n) is 2.92. The van der Waals surface area contributed by atoms with E-state index in [4.69, 9.17) is 20.9 Å². The van der Waals surface area contributed by atoms with Crippen LogP contribution in [0.1, 0.15) is 49.6 Å². The highest BCUT2D eigenvalue weighted by Gasteiger charge is 2.17. The van der Waals surface area contributed by atoms with Gasteiger partial charge >= 0.3 is 0 Å². The van der Waals surface area contributed by atoms with Crippen LogP contribution in [0.3, 0.4) is 0 Å². The summed E-state index contributed by atoms with van der Waals surface area (Å²) in [6, 6.07) is 11.2. The van der Waals surface area contributed by atoms with Crippen molar-refractivity contribution in [3.05, 3.63) is 58.4 Å². The van der Waals surface area contributed by atoms with Gasteiger partial charge in [-0.05, 0) is 55.7 Å². The van der Waals surface area contributed by atoms with Crippen molar-refractivity contribution in [2.24, 2.45) is 0 Å². The van der Waals surface area contributed by atoms with Crippen LogP contribution in [0, 0.1) is 13.8 Å². The number of carbonyl (C=O) groups is 1. The minimum atomic E-state index is -0.0926. The lowest BCUT2D eigenvalue weighted by atomic mass is 10.1. The summed E-state index contributed by atoms with van der Waals surface area (Å²) in [7, 11) is 0. The lowest BCUT2D eigenvalue weighted by molar-refractivity contribution is -0.116. The van der Waals surface area contributed by atoms with Gasteiger partial charge in [-0.25, -0.2) is 0 Å². The van der Waals surface area contributed by atoms with Crippen molar-refractivity contribution < 1.29 is 14.1 Å². The van der Waals surface area contributed by atoms with E-state index in [0.29, 0.717) is 41.9 Å². The maximum Gasteiger partial charge on any atom is 0.260 e. The van der Waals surface area contributed by atoms with E-state index in [0.717, 1.165) is 22.4 Å². The van der Waals surface area contributed by atoms with E-state index in [2.05, 4.69) is 15.5 Å². The predicted octanol–water partition coefficient (Wildman–Crippen LogP) is 5.93. The van der Waals surface area contributed by atoms with Crippen LogP contribution in [-0.4, -0.2) is 22.7 Å². The summed E-state index contributed by atoms with van der Waals surface area (Å²) in [5, 5.41) is 7.72.